The number of amides is 3. The summed E-state index contributed by atoms with van der Waals surface area (Å²) >= 11 is 0. The summed E-state index contributed by atoms with van der Waals surface area (Å²) in [4.78, 5) is 97.3. The Hall–Kier alpha value is -4.60. The van der Waals surface area contributed by atoms with Gasteiger partial charge in [0.25, 0.3) is 0 Å². The van der Waals surface area contributed by atoms with E-state index in [1.54, 1.807) is 6.20 Å². The molecule has 19 heteroatoms. The first-order chi connectivity index (χ1) is 25.0. The molecule has 18 nitrogen and oxygen atoms in total. The predicted molar refractivity (Wildman–Crippen MR) is 184 cm³/mol. The number of carbonyl (C=O) groups is 6. The zero-order valence-electron chi connectivity index (χ0n) is 29.4. The molecule has 0 fully saturated rings. The van der Waals surface area contributed by atoms with Gasteiger partial charge in [-0.3, -0.25) is 24.3 Å². The fraction of sp³-hybridized carbons (Fsp3) is 0.588. The summed E-state index contributed by atoms with van der Waals surface area (Å²) in [7, 11) is 0. The van der Waals surface area contributed by atoms with Gasteiger partial charge in [-0.25, -0.2) is 14.4 Å². The van der Waals surface area contributed by atoms with Crippen LogP contribution in [0.15, 0.2) is 24.4 Å². The first kappa shape index (κ1) is 55.2. The molecule has 1 aromatic rings. The van der Waals surface area contributed by atoms with Crippen LogP contribution in [0.4, 0.5) is 4.79 Å². The summed E-state index contributed by atoms with van der Waals surface area (Å²) in [6.07, 6.45) is 10.2. The van der Waals surface area contributed by atoms with Crippen LogP contribution in [0.2, 0.25) is 0 Å². The molecule has 0 aromatic carbocycles. The fourth-order valence-corrected chi connectivity index (χ4v) is 4.74. The molecule has 0 spiro atoms. The van der Waals surface area contributed by atoms with E-state index >= 15 is 0 Å². The summed E-state index contributed by atoms with van der Waals surface area (Å²) in [5.41, 5.74) is 0.853. The maximum Gasteiger partial charge on any atom is 0.326 e. The van der Waals surface area contributed by atoms with Crippen LogP contribution in [-0.2, 0) is 65.3 Å². The average molecular weight is 922 g/mol. The van der Waals surface area contributed by atoms with Crippen molar-refractivity contribution in [3.05, 3.63) is 30.1 Å². The number of pyridine rings is 1. The van der Waals surface area contributed by atoms with Crippen molar-refractivity contribution in [2.45, 2.75) is 109 Å². The standard InChI is InChI=1S/C31H49N5O10.3CO.Re/c37-26(33-19-11-9-14-24(29(42)43)34-31(46)35-25(30(44)45)16-17-27(38)39)15-7-5-3-1-2-4-6-12-20-36(22-28(40)41)21-23-13-8-10-18-32-23;3*1-2;/h8,10,13,18,24-25H,1-7,9,11-12,14-17,19-22H2,(H,33,37)(H,38,39)(H,40,41)(H,42,43)(H,44,45)(H2,34,35,46);;;;/q;3*-1;/t24-,25-;;;;/m0..../s1. The summed E-state index contributed by atoms with van der Waals surface area (Å²) in [6.45, 7) is 15.1. The number of rotatable bonds is 27. The van der Waals surface area contributed by atoms with Gasteiger partial charge < -0.3 is 71.1 Å². The zero-order valence-corrected chi connectivity index (χ0v) is 32.1. The molecule has 2 atom stereocenters. The number of carboxylic acids is 4. The number of hydrogen-bond acceptors (Lipinski definition) is 11. The number of unbranched alkanes of at least 4 members (excludes halogenated alkanes) is 8. The number of hydrogen-bond donors (Lipinski definition) is 7. The van der Waals surface area contributed by atoms with Gasteiger partial charge in [-0.2, -0.15) is 0 Å². The molecule has 0 aliphatic rings. The molecule has 3 amide bonds. The molecule has 53 heavy (non-hydrogen) atoms. The third-order valence-corrected chi connectivity index (χ3v) is 7.19. The molecular weight excluding hydrogens is 873 g/mol. The van der Waals surface area contributed by atoms with Gasteiger partial charge in [0.15, 0.2) is 0 Å². The number of carboxylic acid groups (broad SMARTS) is 4. The van der Waals surface area contributed by atoms with Crippen molar-refractivity contribution in [1.29, 1.82) is 0 Å². The van der Waals surface area contributed by atoms with Crippen molar-refractivity contribution in [1.82, 2.24) is 25.8 Å². The predicted octanol–water partition coefficient (Wildman–Crippen LogP) is 1.64. The second-order valence-electron chi connectivity index (χ2n) is 11.2. The Labute approximate surface area is 323 Å². The van der Waals surface area contributed by atoms with Crippen LogP contribution in [0.3, 0.4) is 0 Å². The van der Waals surface area contributed by atoms with Crippen LogP contribution in [0, 0.1) is 0 Å². The van der Waals surface area contributed by atoms with Crippen molar-refractivity contribution < 1.29 is 84.0 Å². The maximum absolute atomic E-state index is 12.1. The van der Waals surface area contributed by atoms with E-state index in [0.29, 0.717) is 38.9 Å². The van der Waals surface area contributed by atoms with Crippen molar-refractivity contribution in [3.63, 3.8) is 0 Å². The third kappa shape index (κ3) is 34.3. The van der Waals surface area contributed by atoms with Crippen molar-refractivity contribution in [3.8, 4) is 0 Å². The summed E-state index contributed by atoms with van der Waals surface area (Å²) in [5, 5.41) is 43.4. The molecule has 0 saturated carbocycles. The Bertz CT molecular complexity index is 1150. The smallest absolute Gasteiger partial charge is 0.326 e. The minimum Gasteiger partial charge on any atom is -0.573 e. The quantitative estimate of drug-likeness (QED) is 0.0488. The molecule has 1 heterocycles. The average Bonchev–Trinajstić information content (AvgIpc) is 3.12. The SMILES string of the molecule is O=C(O)CC[C@H](NC(=O)N[C@@H](CCCCNC(=O)CCCCCCCCCCN(CC(=O)O)Cc1ccccn1)C(=O)O)C(=O)O.[C-]=O.[C-]=O.[C-]=O.[Re]. The van der Waals surface area contributed by atoms with Crippen LogP contribution < -0.4 is 16.0 Å². The Kier molecular flexibility index (Phi) is 40.2. The monoisotopic (exact) mass is 922 g/mol. The molecule has 0 aliphatic carbocycles. The number of aromatic nitrogens is 1. The van der Waals surface area contributed by atoms with E-state index in [0.717, 1.165) is 57.1 Å². The van der Waals surface area contributed by atoms with Gasteiger partial charge in [-0.15, -0.1) is 0 Å². The number of carbonyl (C=O) groups excluding carboxylic acids is 5. The fourth-order valence-electron chi connectivity index (χ4n) is 4.74. The summed E-state index contributed by atoms with van der Waals surface area (Å²) in [6, 6.07) is 1.86. The first-order valence-corrected chi connectivity index (χ1v) is 16.4. The van der Waals surface area contributed by atoms with E-state index in [4.69, 9.17) is 24.6 Å². The van der Waals surface area contributed by atoms with Crippen molar-refractivity contribution >= 4 is 56.2 Å². The van der Waals surface area contributed by atoms with Crippen LogP contribution in [0.5, 0.6) is 0 Å². The Morgan fingerprint density at radius 3 is 1.68 bits per heavy atom. The van der Waals surface area contributed by atoms with Crippen LogP contribution in [0.1, 0.15) is 95.6 Å². The molecule has 0 saturated heterocycles. The summed E-state index contributed by atoms with van der Waals surface area (Å²) in [5.74, 6) is -4.87. The van der Waals surface area contributed by atoms with Gasteiger partial charge in [-0.1, -0.05) is 44.6 Å². The van der Waals surface area contributed by atoms with E-state index in [2.05, 4.69) is 41.3 Å². The van der Waals surface area contributed by atoms with E-state index in [9.17, 15) is 39.0 Å². The molecule has 298 valence electrons. The Morgan fingerprint density at radius 2 is 1.19 bits per heavy atom. The van der Waals surface area contributed by atoms with E-state index in [1.165, 1.54) is 0 Å². The van der Waals surface area contributed by atoms with Crippen molar-refractivity contribution in [2.24, 2.45) is 0 Å². The van der Waals surface area contributed by atoms with Crippen LogP contribution in [0.25, 0.3) is 0 Å². The van der Waals surface area contributed by atoms with E-state index < -0.39 is 48.4 Å². The Morgan fingerprint density at radius 1 is 0.660 bits per heavy atom. The third-order valence-electron chi connectivity index (χ3n) is 7.19. The summed E-state index contributed by atoms with van der Waals surface area (Å²) < 4.78 is 0. The zero-order chi connectivity index (χ0) is 40.2. The van der Waals surface area contributed by atoms with Gasteiger partial charge >= 0.3 is 29.9 Å². The van der Waals surface area contributed by atoms with Gasteiger partial charge in [0.2, 0.25) is 5.91 Å². The Balaban J connectivity index is -0.00000162. The van der Waals surface area contributed by atoms with E-state index in [-0.39, 0.29) is 45.7 Å². The number of urea groups is 1. The molecule has 7 N–H and O–H groups in total. The van der Waals surface area contributed by atoms with Gasteiger partial charge in [-0.05, 0) is 57.2 Å². The van der Waals surface area contributed by atoms with E-state index in [1.807, 2.05) is 23.1 Å². The van der Waals surface area contributed by atoms with Crippen LogP contribution >= 0.6 is 0 Å². The maximum atomic E-state index is 12.1. The number of nitrogens with one attached hydrogen (secondary N) is 3. The molecular formula is C34H49N5O13Re-3. The second-order valence-corrected chi connectivity index (χ2v) is 11.2. The van der Waals surface area contributed by atoms with Gasteiger partial charge in [0.05, 0.1) is 12.2 Å². The minimum absolute atomic E-state index is 0. The molecule has 0 unspecified atom stereocenters. The van der Waals surface area contributed by atoms with Crippen LogP contribution in [-0.4, -0.2) is 118 Å². The molecule has 0 aliphatic heterocycles. The molecule has 1 aromatic heterocycles. The topological polar surface area (TPSA) is 287 Å². The largest absolute Gasteiger partial charge is 0.573 e. The number of nitrogens with zero attached hydrogens (tertiary/aromatic N) is 2. The molecule has 4 radical (unpaired) electrons. The molecule has 0 bridgehead atoms. The van der Waals surface area contributed by atoms with Gasteiger partial charge in [0.1, 0.15) is 12.1 Å². The van der Waals surface area contributed by atoms with Gasteiger partial charge in [0, 0.05) is 52.6 Å². The van der Waals surface area contributed by atoms with Crippen molar-refractivity contribution in [2.75, 3.05) is 19.6 Å². The first-order valence-electron chi connectivity index (χ1n) is 16.4. The normalized spacial score (nSPS) is 10.8. The molecule has 1 rings (SSSR count). The second kappa shape index (κ2) is 38.6. The minimum atomic E-state index is -1.47. The number of aliphatic carboxylic acids is 4.